The third-order valence-electron chi connectivity index (χ3n) is 5.86. The Labute approximate surface area is 193 Å². The molecule has 1 N–H and O–H groups in total. The number of anilines is 1. The van der Waals surface area contributed by atoms with Gasteiger partial charge in [0, 0.05) is 36.1 Å². The number of hydrogen-bond donors (Lipinski definition) is 1. The monoisotopic (exact) mass is 464 g/mol. The standard InChI is InChI=1S/C23H21FN6O4/c1-12-4-5-19-16(8-25-30(19)9-12)21(31)26-18-7-14(6-17(24)13(18)2)20-27-22(34-28-20)15-10-29(11-15)23(32)33-3/h4-9,15H,10-11H2,1-3H3,(H,26,31). The van der Waals surface area contributed by atoms with Crippen molar-refractivity contribution >= 4 is 23.2 Å². The van der Waals surface area contributed by atoms with E-state index >= 15 is 0 Å². The molecule has 1 aliphatic rings. The number of fused-ring (bicyclic) bond motifs is 1. The minimum atomic E-state index is -0.518. The van der Waals surface area contributed by atoms with Gasteiger partial charge in [0.05, 0.1) is 30.3 Å². The minimum Gasteiger partial charge on any atom is -0.453 e. The lowest BCUT2D eigenvalue weighted by Crippen LogP contribution is -2.48. The number of pyridine rings is 1. The molecule has 34 heavy (non-hydrogen) atoms. The first-order valence-electron chi connectivity index (χ1n) is 10.6. The van der Waals surface area contributed by atoms with Crippen LogP contribution in [-0.4, -0.2) is 56.9 Å². The van der Waals surface area contributed by atoms with Crippen LogP contribution in [-0.2, 0) is 4.74 Å². The molecule has 0 atom stereocenters. The SMILES string of the molecule is COC(=O)N1CC(c2nc(-c3cc(F)c(C)c(NC(=O)c4cnn5cc(C)ccc45)c3)no2)C1. The van der Waals surface area contributed by atoms with E-state index in [0.717, 1.165) is 5.56 Å². The predicted octanol–water partition coefficient (Wildman–Crippen LogP) is 3.56. The number of carbonyl (C=O) groups excluding carboxylic acids is 2. The summed E-state index contributed by atoms with van der Waals surface area (Å²) in [6.45, 7) is 4.31. The summed E-state index contributed by atoms with van der Waals surface area (Å²) in [6.07, 6.45) is 2.87. The lowest BCUT2D eigenvalue weighted by Gasteiger charge is -2.35. The Balaban J connectivity index is 1.38. The van der Waals surface area contributed by atoms with Crippen molar-refractivity contribution in [3.05, 3.63) is 65.1 Å². The number of halogens is 1. The van der Waals surface area contributed by atoms with Gasteiger partial charge in [0.25, 0.3) is 5.91 Å². The Hall–Kier alpha value is -4.28. The van der Waals surface area contributed by atoms with Crippen molar-refractivity contribution in [1.29, 1.82) is 0 Å². The number of nitrogens with one attached hydrogen (secondary N) is 1. The lowest BCUT2D eigenvalue weighted by molar-refractivity contribution is 0.0804. The molecule has 1 fully saturated rings. The van der Waals surface area contributed by atoms with Crippen molar-refractivity contribution in [3.63, 3.8) is 0 Å². The second-order valence-electron chi connectivity index (χ2n) is 8.21. The van der Waals surface area contributed by atoms with Gasteiger partial charge in [-0.15, -0.1) is 0 Å². The van der Waals surface area contributed by atoms with E-state index in [1.165, 1.54) is 24.3 Å². The average molecular weight is 464 g/mol. The number of likely N-dealkylation sites (tertiary alicyclic amines) is 1. The van der Waals surface area contributed by atoms with Crippen molar-refractivity contribution < 1.29 is 23.2 Å². The highest BCUT2D eigenvalue weighted by Crippen LogP contribution is 2.30. The van der Waals surface area contributed by atoms with Gasteiger partial charge in [-0.25, -0.2) is 13.7 Å². The van der Waals surface area contributed by atoms with Crippen molar-refractivity contribution in [2.24, 2.45) is 0 Å². The molecule has 4 heterocycles. The molecule has 4 aromatic rings. The summed E-state index contributed by atoms with van der Waals surface area (Å²) in [5.74, 6) is -0.510. The maximum atomic E-state index is 14.7. The molecule has 3 aromatic heterocycles. The van der Waals surface area contributed by atoms with Crippen molar-refractivity contribution in [1.82, 2.24) is 24.7 Å². The number of hydrogen-bond acceptors (Lipinski definition) is 7. The number of aryl methyl sites for hydroxylation is 1. The van der Waals surface area contributed by atoms with Crippen molar-refractivity contribution in [2.45, 2.75) is 19.8 Å². The Morgan fingerprint density at radius 3 is 2.79 bits per heavy atom. The Morgan fingerprint density at radius 2 is 2.03 bits per heavy atom. The molecule has 0 unspecified atom stereocenters. The number of ether oxygens (including phenoxy) is 1. The van der Waals surface area contributed by atoms with Crippen LogP contribution < -0.4 is 5.32 Å². The van der Waals surface area contributed by atoms with Crippen LogP contribution >= 0.6 is 0 Å². The minimum absolute atomic E-state index is 0.117. The maximum Gasteiger partial charge on any atom is 0.409 e. The molecule has 11 heteroatoms. The first-order chi connectivity index (χ1) is 16.3. The van der Waals surface area contributed by atoms with Crippen LogP contribution in [0.25, 0.3) is 16.9 Å². The van der Waals surface area contributed by atoms with Gasteiger partial charge in [0.1, 0.15) is 5.82 Å². The van der Waals surface area contributed by atoms with Crippen LogP contribution in [0.15, 0.2) is 41.2 Å². The van der Waals surface area contributed by atoms with Crippen LogP contribution in [0.2, 0.25) is 0 Å². The first-order valence-corrected chi connectivity index (χ1v) is 10.6. The molecule has 0 spiro atoms. The molecule has 1 aliphatic heterocycles. The summed E-state index contributed by atoms with van der Waals surface area (Å²) in [4.78, 5) is 30.3. The summed E-state index contributed by atoms with van der Waals surface area (Å²) in [5.41, 5.74) is 2.94. The van der Waals surface area contributed by atoms with Crippen LogP contribution in [0.1, 0.15) is 33.3 Å². The third kappa shape index (κ3) is 3.74. The fourth-order valence-corrected chi connectivity index (χ4v) is 3.82. The van der Waals surface area contributed by atoms with E-state index in [9.17, 15) is 14.0 Å². The highest BCUT2D eigenvalue weighted by molar-refractivity contribution is 6.09. The quantitative estimate of drug-likeness (QED) is 0.491. The number of benzene rings is 1. The van der Waals surface area contributed by atoms with Gasteiger partial charge in [0.2, 0.25) is 11.7 Å². The zero-order valence-corrected chi connectivity index (χ0v) is 18.7. The molecular weight excluding hydrogens is 443 g/mol. The number of amides is 2. The summed E-state index contributed by atoms with van der Waals surface area (Å²) in [5, 5.41) is 10.9. The largest absolute Gasteiger partial charge is 0.453 e. The average Bonchev–Trinajstić information content (AvgIpc) is 3.42. The fraction of sp³-hybridized carbons (Fsp3) is 0.261. The summed E-state index contributed by atoms with van der Waals surface area (Å²) >= 11 is 0. The van der Waals surface area contributed by atoms with Gasteiger partial charge < -0.3 is 19.5 Å². The van der Waals surface area contributed by atoms with E-state index in [2.05, 4.69) is 25.3 Å². The summed E-state index contributed by atoms with van der Waals surface area (Å²) in [7, 11) is 1.32. The molecule has 0 aliphatic carbocycles. The summed E-state index contributed by atoms with van der Waals surface area (Å²) in [6, 6.07) is 6.59. The number of carbonyl (C=O) groups is 2. The topological polar surface area (TPSA) is 115 Å². The smallest absolute Gasteiger partial charge is 0.409 e. The number of methoxy groups -OCH3 is 1. The third-order valence-corrected chi connectivity index (χ3v) is 5.86. The Bertz CT molecular complexity index is 1420. The van der Waals surface area contributed by atoms with Crippen LogP contribution in [0, 0.1) is 19.7 Å². The number of rotatable bonds is 4. The predicted molar refractivity (Wildman–Crippen MR) is 119 cm³/mol. The Morgan fingerprint density at radius 1 is 1.24 bits per heavy atom. The van der Waals surface area contributed by atoms with Crippen LogP contribution in [0.5, 0.6) is 0 Å². The van der Waals surface area contributed by atoms with E-state index in [1.54, 1.807) is 17.5 Å². The van der Waals surface area contributed by atoms with Gasteiger partial charge in [-0.2, -0.15) is 10.1 Å². The van der Waals surface area contributed by atoms with Crippen LogP contribution in [0.3, 0.4) is 0 Å². The Kier molecular flexibility index (Phi) is 5.23. The normalized spacial score (nSPS) is 13.7. The van der Waals surface area contributed by atoms with Gasteiger partial charge in [0.15, 0.2) is 0 Å². The molecule has 5 rings (SSSR count). The zero-order chi connectivity index (χ0) is 24.0. The zero-order valence-electron chi connectivity index (χ0n) is 18.7. The highest BCUT2D eigenvalue weighted by Gasteiger charge is 2.36. The van der Waals surface area contributed by atoms with E-state index in [-0.39, 0.29) is 17.3 Å². The molecule has 2 amide bonds. The second-order valence-corrected chi connectivity index (χ2v) is 8.21. The molecule has 10 nitrogen and oxygen atoms in total. The van der Waals surface area contributed by atoms with Gasteiger partial charge in [-0.3, -0.25) is 4.79 Å². The van der Waals surface area contributed by atoms with Crippen LogP contribution in [0.4, 0.5) is 14.9 Å². The fourth-order valence-electron chi connectivity index (χ4n) is 3.82. The second kappa shape index (κ2) is 8.25. The van der Waals surface area contributed by atoms with E-state index < -0.39 is 17.8 Å². The van der Waals surface area contributed by atoms with Gasteiger partial charge in [-0.1, -0.05) is 11.2 Å². The van der Waals surface area contributed by atoms with E-state index in [4.69, 9.17) is 4.52 Å². The molecule has 0 radical (unpaired) electrons. The summed E-state index contributed by atoms with van der Waals surface area (Å²) < 4.78 is 26.4. The lowest BCUT2D eigenvalue weighted by atomic mass is 10.0. The number of nitrogens with zero attached hydrogens (tertiary/aromatic N) is 5. The number of aromatic nitrogens is 4. The van der Waals surface area contributed by atoms with Crippen molar-refractivity contribution in [2.75, 3.05) is 25.5 Å². The highest BCUT2D eigenvalue weighted by atomic mass is 19.1. The van der Waals surface area contributed by atoms with E-state index in [0.29, 0.717) is 41.3 Å². The molecule has 174 valence electrons. The van der Waals surface area contributed by atoms with E-state index in [1.807, 2.05) is 25.3 Å². The molecular formula is C23H21FN6O4. The van der Waals surface area contributed by atoms with Crippen molar-refractivity contribution in [3.8, 4) is 11.4 Å². The van der Waals surface area contributed by atoms with Gasteiger partial charge >= 0.3 is 6.09 Å². The maximum absolute atomic E-state index is 14.7. The molecule has 1 aromatic carbocycles. The van der Waals surface area contributed by atoms with Gasteiger partial charge in [-0.05, 0) is 37.6 Å². The molecule has 0 saturated carbocycles. The molecule has 1 saturated heterocycles. The molecule has 0 bridgehead atoms. The first kappa shape index (κ1) is 21.6.